The number of nitrogens with one attached hydrogen (secondary N) is 2. The van der Waals surface area contributed by atoms with E-state index in [1.165, 1.54) is 27.7 Å². The number of amides is 1. The van der Waals surface area contributed by atoms with Gasteiger partial charge >= 0.3 is 6.09 Å². The minimum Gasteiger partial charge on any atom is -0.508 e. The zero-order valence-corrected chi connectivity index (χ0v) is 24.0. The number of aromatic hydroxyl groups is 1. The molecule has 3 N–H and O–H groups in total. The topological polar surface area (TPSA) is 77.6 Å². The van der Waals surface area contributed by atoms with E-state index in [1.54, 1.807) is 0 Å². The van der Waals surface area contributed by atoms with Crippen LogP contribution >= 0.6 is 0 Å². The number of carbonyl (C=O) groups is 1. The van der Waals surface area contributed by atoms with Gasteiger partial charge in [0.25, 0.3) is 0 Å². The maximum atomic E-state index is 12.1. The molecule has 0 spiro atoms. The van der Waals surface area contributed by atoms with E-state index < -0.39 is 5.60 Å². The number of ether oxygens (including phenoxy) is 1. The van der Waals surface area contributed by atoms with Gasteiger partial charge in [0, 0.05) is 54.0 Å². The summed E-state index contributed by atoms with van der Waals surface area (Å²) in [7, 11) is 0. The van der Waals surface area contributed by atoms with Crippen molar-refractivity contribution < 1.29 is 14.6 Å². The summed E-state index contributed by atoms with van der Waals surface area (Å²) in [5.41, 5.74) is 3.06. The van der Waals surface area contributed by atoms with Crippen LogP contribution in [0.1, 0.15) is 86.3 Å². The van der Waals surface area contributed by atoms with E-state index in [2.05, 4.69) is 62.8 Å². The van der Waals surface area contributed by atoms with Crippen LogP contribution in [0.2, 0.25) is 0 Å². The lowest BCUT2D eigenvalue weighted by Gasteiger charge is -2.33. The van der Waals surface area contributed by atoms with E-state index in [1.807, 2.05) is 26.8 Å². The second kappa shape index (κ2) is 10.3. The van der Waals surface area contributed by atoms with Crippen LogP contribution in [-0.2, 0) is 29.5 Å². The quantitative estimate of drug-likeness (QED) is 0.349. The van der Waals surface area contributed by atoms with Gasteiger partial charge in [0.15, 0.2) is 0 Å². The van der Waals surface area contributed by atoms with Crippen molar-refractivity contribution in [3.8, 4) is 5.75 Å². The Kier molecular flexibility index (Phi) is 8.12. The number of fused-ring (bicyclic) bond motifs is 1. The molecule has 0 radical (unpaired) electrons. The van der Waals surface area contributed by atoms with Crippen LogP contribution in [0.15, 0.2) is 17.2 Å². The van der Waals surface area contributed by atoms with Crippen molar-refractivity contribution >= 4 is 28.8 Å². The number of hydrogen-bond donors (Lipinski definition) is 3. The van der Waals surface area contributed by atoms with Crippen LogP contribution in [0.5, 0.6) is 5.75 Å². The van der Waals surface area contributed by atoms with Gasteiger partial charge in [-0.2, -0.15) is 0 Å². The SMILES string of the molecule is CC(C)(C)Cc1c([SH+]C(C)(C)C)[nH]c2c(CN3CCC(NC(=O)OC(C)(C)C)CC3)c(O)ccc12. The molecule has 196 valence electrons. The summed E-state index contributed by atoms with van der Waals surface area (Å²) in [6.45, 7) is 21.6. The van der Waals surface area contributed by atoms with Crippen LogP contribution in [0.4, 0.5) is 4.79 Å². The molecule has 2 aromatic rings. The number of benzene rings is 1. The molecule has 1 aromatic carbocycles. The lowest BCUT2D eigenvalue weighted by atomic mass is 9.88. The van der Waals surface area contributed by atoms with Gasteiger partial charge in [-0.1, -0.05) is 20.8 Å². The van der Waals surface area contributed by atoms with E-state index >= 15 is 0 Å². The lowest BCUT2D eigenvalue weighted by Crippen LogP contribution is -2.45. The van der Waals surface area contributed by atoms with E-state index in [9.17, 15) is 9.90 Å². The Labute approximate surface area is 215 Å². The largest absolute Gasteiger partial charge is 0.508 e. The average molecular weight is 505 g/mol. The summed E-state index contributed by atoms with van der Waals surface area (Å²) >= 11 is 1.27. The van der Waals surface area contributed by atoms with Gasteiger partial charge < -0.3 is 20.1 Å². The Morgan fingerprint density at radius 2 is 1.71 bits per heavy atom. The van der Waals surface area contributed by atoms with E-state index in [0.717, 1.165) is 43.4 Å². The number of phenols is 1. The zero-order valence-electron chi connectivity index (χ0n) is 23.1. The monoisotopic (exact) mass is 504 g/mol. The molecular weight excluding hydrogens is 458 g/mol. The number of piperidine rings is 1. The van der Waals surface area contributed by atoms with Crippen molar-refractivity contribution in [2.45, 2.75) is 110 Å². The minimum absolute atomic E-state index is 0.117. The molecule has 1 aromatic heterocycles. The first-order valence-corrected chi connectivity index (χ1v) is 13.7. The summed E-state index contributed by atoms with van der Waals surface area (Å²) < 4.78 is 5.55. The highest BCUT2D eigenvalue weighted by atomic mass is 32.2. The van der Waals surface area contributed by atoms with E-state index in [0.29, 0.717) is 12.3 Å². The number of nitrogens with zero attached hydrogens (tertiary/aromatic N) is 1. The van der Waals surface area contributed by atoms with E-state index in [-0.39, 0.29) is 22.3 Å². The summed E-state index contributed by atoms with van der Waals surface area (Å²) in [6, 6.07) is 4.04. The number of likely N-dealkylation sites (tertiary alicyclic amines) is 1. The first-order valence-electron chi connectivity index (χ1n) is 12.8. The first-order chi connectivity index (χ1) is 16.0. The maximum absolute atomic E-state index is 12.1. The Hall–Kier alpha value is -1.86. The molecule has 3 rings (SSSR count). The van der Waals surface area contributed by atoms with Crippen molar-refractivity contribution in [2.75, 3.05) is 13.1 Å². The lowest BCUT2D eigenvalue weighted by molar-refractivity contribution is 0.0477. The van der Waals surface area contributed by atoms with Gasteiger partial charge in [0.1, 0.15) is 16.1 Å². The molecule has 35 heavy (non-hydrogen) atoms. The fourth-order valence-corrected chi connectivity index (χ4v) is 5.76. The molecule has 0 saturated carbocycles. The smallest absolute Gasteiger partial charge is 0.407 e. The predicted molar refractivity (Wildman–Crippen MR) is 148 cm³/mol. The van der Waals surface area contributed by atoms with E-state index in [4.69, 9.17) is 4.74 Å². The third kappa shape index (κ3) is 8.07. The van der Waals surface area contributed by atoms with Gasteiger partial charge in [0.2, 0.25) is 5.03 Å². The molecule has 0 atom stereocenters. The van der Waals surface area contributed by atoms with Crippen LogP contribution in [0, 0.1) is 5.41 Å². The molecule has 1 saturated heterocycles. The fourth-order valence-electron chi connectivity index (χ4n) is 4.59. The Balaban J connectivity index is 1.79. The molecule has 1 aliphatic heterocycles. The molecular formula is C28H46N3O3S+. The highest BCUT2D eigenvalue weighted by Gasteiger charge is 2.31. The van der Waals surface area contributed by atoms with Gasteiger partial charge in [0.05, 0.1) is 5.52 Å². The molecule has 0 unspecified atom stereocenters. The standard InChI is InChI=1S/C28H45N3O3S/c1-26(2,3)16-20-19-10-11-22(32)21(23(19)30-24(20)35-28(7,8)9)17-31-14-12-18(13-15-31)29-25(33)34-27(4,5)6/h10-11,18,30,32H,12-17H2,1-9H3,(H,29,33)/p+1. The highest BCUT2D eigenvalue weighted by Crippen LogP contribution is 2.37. The summed E-state index contributed by atoms with van der Waals surface area (Å²) in [5, 5.41) is 16.4. The molecule has 0 aliphatic carbocycles. The summed E-state index contributed by atoms with van der Waals surface area (Å²) in [6.07, 6.45) is 2.37. The van der Waals surface area contributed by atoms with Crippen molar-refractivity contribution in [1.82, 2.24) is 15.2 Å². The zero-order chi connectivity index (χ0) is 26.2. The van der Waals surface area contributed by atoms with Crippen molar-refractivity contribution in [1.29, 1.82) is 0 Å². The molecule has 6 nitrogen and oxygen atoms in total. The highest BCUT2D eigenvalue weighted by molar-refractivity contribution is 7.80. The van der Waals surface area contributed by atoms with Crippen LogP contribution in [0.25, 0.3) is 10.9 Å². The number of alkyl carbamates (subject to hydrolysis) is 1. The Morgan fingerprint density at radius 3 is 2.26 bits per heavy atom. The molecule has 0 bridgehead atoms. The number of aromatic nitrogens is 1. The van der Waals surface area contributed by atoms with Gasteiger partial charge in [-0.05, 0) is 78.4 Å². The molecule has 1 fully saturated rings. The minimum atomic E-state index is -0.492. The van der Waals surface area contributed by atoms with Crippen molar-refractivity contribution in [2.24, 2.45) is 5.41 Å². The molecule has 2 heterocycles. The first kappa shape index (κ1) is 27.7. The number of H-pyrrole nitrogens is 1. The Morgan fingerprint density at radius 1 is 1.09 bits per heavy atom. The maximum Gasteiger partial charge on any atom is 0.407 e. The van der Waals surface area contributed by atoms with Crippen LogP contribution in [0.3, 0.4) is 0 Å². The number of rotatable bonds is 5. The second-order valence-corrected chi connectivity index (χ2v) is 15.2. The number of thiol groups is 1. The molecule has 1 aliphatic rings. The van der Waals surface area contributed by atoms with Gasteiger partial charge in [-0.15, -0.1) is 0 Å². The number of carbonyl (C=O) groups excluding carboxylic acids is 1. The Bertz CT molecular complexity index is 1030. The molecule has 7 heteroatoms. The van der Waals surface area contributed by atoms with Gasteiger partial charge in [-0.25, -0.2) is 4.79 Å². The van der Waals surface area contributed by atoms with Crippen LogP contribution in [-0.4, -0.2) is 50.6 Å². The fraction of sp³-hybridized carbons (Fsp3) is 0.679. The third-order valence-corrected chi connectivity index (χ3v) is 7.26. The summed E-state index contributed by atoms with van der Waals surface area (Å²) in [4.78, 5) is 18.2. The predicted octanol–water partition coefficient (Wildman–Crippen LogP) is 5.92. The number of aromatic amines is 1. The second-order valence-electron chi connectivity index (χ2n) is 13.2. The van der Waals surface area contributed by atoms with Crippen molar-refractivity contribution in [3.05, 3.63) is 23.3 Å². The van der Waals surface area contributed by atoms with Gasteiger partial charge in [-0.3, -0.25) is 4.90 Å². The molecule has 1 amide bonds. The number of phenolic OH excluding ortho intramolecular Hbond substituents is 1. The third-order valence-electron chi connectivity index (χ3n) is 5.99. The van der Waals surface area contributed by atoms with Crippen molar-refractivity contribution in [3.63, 3.8) is 0 Å². The summed E-state index contributed by atoms with van der Waals surface area (Å²) in [5.74, 6) is 0.342. The normalized spacial score (nSPS) is 16.6. The number of hydrogen-bond acceptors (Lipinski definition) is 4. The average Bonchev–Trinajstić information content (AvgIpc) is 2.98. The van der Waals surface area contributed by atoms with Crippen LogP contribution < -0.4 is 5.32 Å².